The summed E-state index contributed by atoms with van der Waals surface area (Å²) in [6, 6.07) is 12.5. The van der Waals surface area contributed by atoms with E-state index in [0.717, 1.165) is 16.8 Å². The second-order valence-corrected chi connectivity index (χ2v) is 7.30. The van der Waals surface area contributed by atoms with Gasteiger partial charge in [-0.3, -0.25) is 14.6 Å². The van der Waals surface area contributed by atoms with Gasteiger partial charge in [0.25, 0.3) is 5.91 Å². The van der Waals surface area contributed by atoms with E-state index >= 15 is 0 Å². The highest BCUT2D eigenvalue weighted by Gasteiger charge is 2.37. The molecule has 2 amide bonds. The van der Waals surface area contributed by atoms with E-state index < -0.39 is 11.9 Å². The van der Waals surface area contributed by atoms with Crippen LogP contribution in [0, 0.1) is 0 Å². The summed E-state index contributed by atoms with van der Waals surface area (Å²) in [7, 11) is 3.19. The Hall–Kier alpha value is -3.55. The van der Waals surface area contributed by atoms with Crippen LogP contribution in [-0.4, -0.2) is 49.2 Å². The molecule has 2 aromatic carbocycles. The number of hydrogen-bond acceptors (Lipinski definition) is 6. The van der Waals surface area contributed by atoms with E-state index in [9.17, 15) is 9.59 Å². The Kier molecular flexibility index (Phi) is 5.31. The van der Waals surface area contributed by atoms with Gasteiger partial charge in [-0.2, -0.15) is 5.10 Å². The minimum Gasteiger partial charge on any atom is -0.493 e. The lowest BCUT2D eigenvalue weighted by atomic mass is 9.98. The molecule has 30 heavy (non-hydrogen) atoms. The van der Waals surface area contributed by atoms with E-state index in [0.29, 0.717) is 36.7 Å². The fourth-order valence-electron chi connectivity index (χ4n) is 3.92. The minimum absolute atomic E-state index is 0.180. The molecule has 2 heterocycles. The first-order valence-electron chi connectivity index (χ1n) is 9.76. The molecule has 0 aromatic heterocycles. The van der Waals surface area contributed by atoms with Crippen LogP contribution in [-0.2, 0) is 22.6 Å². The Morgan fingerprint density at radius 2 is 1.73 bits per heavy atom. The fourth-order valence-corrected chi connectivity index (χ4v) is 3.92. The highest BCUT2D eigenvalue weighted by Crippen LogP contribution is 2.33. The molecule has 1 atom stereocenters. The maximum Gasteiger partial charge on any atom is 0.270 e. The van der Waals surface area contributed by atoms with Crippen LogP contribution in [0.25, 0.3) is 0 Å². The van der Waals surface area contributed by atoms with Crippen molar-refractivity contribution in [3.8, 4) is 11.5 Å². The smallest absolute Gasteiger partial charge is 0.270 e. The molecule has 2 N–H and O–H groups in total. The van der Waals surface area contributed by atoms with Crippen LogP contribution >= 0.6 is 0 Å². The summed E-state index contributed by atoms with van der Waals surface area (Å²) in [5.74, 6) is 0.623. The summed E-state index contributed by atoms with van der Waals surface area (Å²) >= 11 is 0. The molecule has 0 radical (unpaired) electrons. The highest BCUT2D eigenvalue weighted by atomic mass is 16.5. The van der Waals surface area contributed by atoms with Crippen molar-refractivity contribution in [1.29, 1.82) is 0 Å². The zero-order valence-electron chi connectivity index (χ0n) is 17.0. The van der Waals surface area contributed by atoms with E-state index in [1.807, 2.05) is 42.5 Å². The van der Waals surface area contributed by atoms with Crippen LogP contribution < -0.4 is 20.2 Å². The number of carbonyl (C=O) groups is 2. The molecule has 156 valence electrons. The first kappa shape index (κ1) is 19.8. The van der Waals surface area contributed by atoms with Crippen LogP contribution in [0.4, 0.5) is 5.69 Å². The maximum atomic E-state index is 13.2. The van der Waals surface area contributed by atoms with Gasteiger partial charge in [0.2, 0.25) is 5.91 Å². The van der Waals surface area contributed by atoms with Gasteiger partial charge in [0.1, 0.15) is 11.8 Å². The van der Waals surface area contributed by atoms with Gasteiger partial charge in [-0.15, -0.1) is 0 Å². The summed E-state index contributed by atoms with van der Waals surface area (Å²) in [4.78, 5) is 26.9. The van der Waals surface area contributed by atoms with Crippen LogP contribution in [0.5, 0.6) is 11.5 Å². The number of fused-ring (bicyclic) bond motifs is 1. The predicted octanol–water partition coefficient (Wildman–Crippen LogP) is 1.71. The second kappa shape index (κ2) is 8.06. The number of anilines is 1. The molecule has 0 saturated carbocycles. The average molecular weight is 408 g/mol. The quantitative estimate of drug-likeness (QED) is 0.812. The summed E-state index contributed by atoms with van der Waals surface area (Å²) < 4.78 is 10.8. The zero-order chi connectivity index (χ0) is 21.3. The minimum atomic E-state index is -0.673. The van der Waals surface area contributed by atoms with Crippen LogP contribution in [0.1, 0.15) is 17.5 Å². The van der Waals surface area contributed by atoms with Gasteiger partial charge in [0.15, 0.2) is 11.5 Å². The van der Waals surface area contributed by atoms with Crippen molar-refractivity contribution in [2.24, 2.45) is 10.8 Å². The summed E-state index contributed by atoms with van der Waals surface area (Å²) in [6.07, 6.45) is 0.898. The molecule has 0 unspecified atom stereocenters. The van der Waals surface area contributed by atoms with Crippen LogP contribution in [0.3, 0.4) is 0 Å². The summed E-state index contributed by atoms with van der Waals surface area (Å²) in [5, 5.41) is 6.01. The number of nitrogens with zero attached hydrogens (tertiary/aromatic N) is 3. The maximum absolute atomic E-state index is 13.2. The predicted molar refractivity (Wildman–Crippen MR) is 113 cm³/mol. The molecule has 8 heteroatoms. The molecule has 2 aliphatic heterocycles. The second-order valence-electron chi connectivity index (χ2n) is 7.30. The first-order valence-corrected chi connectivity index (χ1v) is 9.76. The third-order valence-corrected chi connectivity index (χ3v) is 5.51. The number of hydrogen-bond donors (Lipinski definition) is 1. The topological polar surface area (TPSA) is 97.5 Å². The van der Waals surface area contributed by atoms with Crippen molar-refractivity contribution >= 4 is 23.2 Å². The molecule has 0 bridgehead atoms. The standard InChI is InChI=1S/C22H24N4O4/c1-29-19-10-14-8-9-25(13-15(14)11-20(19)30-2)22(28)17-12-18(21(23)27)26(24-17)16-6-4-3-5-7-16/h3-7,10-11,18H,8-9,12-13H2,1-2H3,(H2,23,27)/t18-/m0/s1. The van der Waals surface area contributed by atoms with Gasteiger partial charge in [0.05, 0.1) is 19.9 Å². The largest absolute Gasteiger partial charge is 0.493 e. The van der Waals surface area contributed by atoms with Gasteiger partial charge in [-0.1, -0.05) is 18.2 Å². The molecule has 8 nitrogen and oxygen atoms in total. The third-order valence-electron chi connectivity index (χ3n) is 5.51. The molecular weight excluding hydrogens is 384 g/mol. The Labute approximate surface area is 174 Å². The monoisotopic (exact) mass is 408 g/mol. The van der Waals surface area contributed by atoms with Crippen LogP contribution in [0.15, 0.2) is 47.6 Å². The number of benzene rings is 2. The molecular formula is C22H24N4O4. The third kappa shape index (κ3) is 3.56. The lowest BCUT2D eigenvalue weighted by molar-refractivity contribution is -0.125. The molecule has 4 rings (SSSR count). The summed E-state index contributed by atoms with van der Waals surface area (Å²) in [6.45, 7) is 1.01. The first-order chi connectivity index (χ1) is 14.5. The number of carbonyl (C=O) groups excluding carboxylic acids is 2. The van der Waals surface area contributed by atoms with E-state index in [1.54, 1.807) is 24.1 Å². The Bertz CT molecular complexity index is 1010. The lowest BCUT2D eigenvalue weighted by Gasteiger charge is -2.29. The Morgan fingerprint density at radius 1 is 1.07 bits per heavy atom. The molecule has 0 spiro atoms. The Morgan fingerprint density at radius 3 is 2.37 bits per heavy atom. The number of methoxy groups -OCH3 is 2. The van der Waals surface area contributed by atoms with Gasteiger partial charge >= 0.3 is 0 Å². The SMILES string of the molecule is COc1cc2c(cc1OC)CN(C(=O)C1=NN(c3ccccc3)[C@H](C(N)=O)C1)CC2. The van der Waals surface area contributed by atoms with Gasteiger partial charge < -0.3 is 20.1 Å². The van der Waals surface area contributed by atoms with Crippen molar-refractivity contribution in [2.45, 2.75) is 25.4 Å². The fraction of sp³-hybridized carbons (Fsp3) is 0.318. The molecule has 2 aliphatic rings. The van der Waals surface area contributed by atoms with Crippen molar-refractivity contribution in [3.63, 3.8) is 0 Å². The van der Waals surface area contributed by atoms with Gasteiger partial charge in [-0.25, -0.2) is 0 Å². The molecule has 2 aromatic rings. The zero-order valence-corrected chi connectivity index (χ0v) is 17.0. The molecule has 0 fully saturated rings. The van der Waals surface area contributed by atoms with E-state index in [2.05, 4.69) is 5.10 Å². The van der Waals surface area contributed by atoms with Crippen molar-refractivity contribution in [1.82, 2.24) is 4.90 Å². The molecule has 0 aliphatic carbocycles. The highest BCUT2D eigenvalue weighted by molar-refractivity contribution is 6.40. The van der Waals surface area contributed by atoms with E-state index in [1.165, 1.54) is 0 Å². The average Bonchev–Trinajstić information content (AvgIpc) is 3.23. The van der Waals surface area contributed by atoms with Crippen molar-refractivity contribution < 1.29 is 19.1 Å². The van der Waals surface area contributed by atoms with E-state index in [4.69, 9.17) is 15.2 Å². The number of amides is 2. The number of nitrogens with two attached hydrogens (primary N) is 1. The number of hydrazone groups is 1. The molecule has 0 saturated heterocycles. The van der Waals surface area contributed by atoms with Crippen molar-refractivity contribution in [3.05, 3.63) is 53.6 Å². The van der Waals surface area contributed by atoms with Gasteiger partial charge in [0, 0.05) is 19.5 Å². The lowest BCUT2D eigenvalue weighted by Crippen LogP contribution is -2.41. The summed E-state index contributed by atoms with van der Waals surface area (Å²) in [5.41, 5.74) is 8.79. The van der Waals surface area contributed by atoms with Crippen molar-refractivity contribution in [2.75, 3.05) is 25.8 Å². The number of rotatable bonds is 5. The normalized spacial score (nSPS) is 17.9. The number of primary amides is 1. The Balaban J connectivity index is 1.57. The number of ether oxygens (including phenoxy) is 2. The van der Waals surface area contributed by atoms with Gasteiger partial charge in [-0.05, 0) is 41.8 Å². The van der Waals surface area contributed by atoms with Crippen LogP contribution in [0.2, 0.25) is 0 Å². The van der Waals surface area contributed by atoms with E-state index in [-0.39, 0.29) is 12.3 Å². The number of para-hydroxylation sites is 1.